The van der Waals surface area contributed by atoms with Crippen LogP contribution in [-0.4, -0.2) is 14.4 Å². The van der Waals surface area contributed by atoms with Crippen molar-refractivity contribution in [2.75, 3.05) is 0 Å². The monoisotopic (exact) mass is 200 g/mol. The van der Waals surface area contributed by atoms with Gasteiger partial charge in [0.1, 0.15) is 0 Å². The van der Waals surface area contributed by atoms with E-state index in [0.29, 0.717) is 6.10 Å². The molecule has 0 bridgehead atoms. The second-order valence-electron chi connectivity index (χ2n) is 4.51. The Morgan fingerprint density at radius 1 is 1.31 bits per heavy atom. The molecule has 1 nitrogen and oxygen atoms in total. The first kappa shape index (κ1) is 12.9. The van der Waals surface area contributed by atoms with Crippen molar-refractivity contribution in [1.29, 1.82) is 0 Å². The van der Waals surface area contributed by atoms with Crippen LogP contribution in [0.4, 0.5) is 0 Å². The van der Waals surface area contributed by atoms with Crippen LogP contribution in [0.5, 0.6) is 0 Å². The number of hydrogen-bond donors (Lipinski definition) is 0. The number of allylic oxidation sites excluding steroid dienone is 1. The van der Waals surface area contributed by atoms with Crippen molar-refractivity contribution in [3.8, 4) is 0 Å². The molecular weight excluding hydrogens is 176 g/mol. The van der Waals surface area contributed by atoms with Gasteiger partial charge >= 0.3 is 0 Å². The van der Waals surface area contributed by atoms with Crippen molar-refractivity contribution < 1.29 is 4.43 Å². The molecule has 0 saturated carbocycles. The molecule has 78 valence electrons. The van der Waals surface area contributed by atoms with Crippen LogP contribution in [0.2, 0.25) is 19.6 Å². The highest BCUT2D eigenvalue weighted by Gasteiger charge is 2.16. The summed E-state index contributed by atoms with van der Waals surface area (Å²) in [5.41, 5.74) is 0. The molecule has 0 aromatic carbocycles. The second kappa shape index (κ2) is 6.38. The summed E-state index contributed by atoms with van der Waals surface area (Å²) in [6, 6.07) is 0. The van der Waals surface area contributed by atoms with Crippen LogP contribution in [0.25, 0.3) is 0 Å². The predicted molar refractivity (Wildman–Crippen MR) is 62.6 cm³/mol. The van der Waals surface area contributed by atoms with E-state index < -0.39 is 8.32 Å². The van der Waals surface area contributed by atoms with E-state index in [1.807, 2.05) is 0 Å². The molecule has 0 N–H and O–H groups in total. The zero-order valence-electron chi connectivity index (χ0n) is 9.76. The van der Waals surface area contributed by atoms with E-state index in [2.05, 4.69) is 45.6 Å². The summed E-state index contributed by atoms with van der Waals surface area (Å²) in [5, 5.41) is 0. The zero-order valence-corrected chi connectivity index (χ0v) is 10.8. The van der Waals surface area contributed by atoms with Crippen LogP contribution in [0.1, 0.15) is 33.1 Å². The number of rotatable bonds is 6. The van der Waals surface area contributed by atoms with Crippen molar-refractivity contribution in [3.05, 3.63) is 12.2 Å². The predicted octanol–water partition coefficient (Wildman–Crippen LogP) is 3.97. The maximum Gasteiger partial charge on any atom is 0.184 e. The quantitative estimate of drug-likeness (QED) is 0.358. The maximum absolute atomic E-state index is 5.87. The molecule has 0 aliphatic heterocycles. The fourth-order valence-corrected chi connectivity index (χ4v) is 2.40. The lowest BCUT2D eigenvalue weighted by Crippen LogP contribution is -2.29. The molecule has 0 saturated heterocycles. The Balaban J connectivity index is 3.61. The van der Waals surface area contributed by atoms with Crippen LogP contribution in [-0.2, 0) is 4.43 Å². The minimum atomic E-state index is -1.34. The van der Waals surface area contributed by atoms with Crippen molar-refractivity contribution in [3.63, 3.8) is 0 Å². The zero-order chi connectivity index (χ0) is 10.3. The summed E-state index contributed by atoms with van der Waals surface area (Å²) in [4.78, 5) is 0. The molecule has 0 heterocycles. The van der Waals surface area contributed by atoms with Crippen LogP contribution in [0, 0.1) is 0 Å². The molecule has 0 radical (unpaired) electrons. The van der Waals surface area contributed by atoms with Gasteiger partial charge in [0.05, 0.1) is 6.10 Å². The second-order valence-corrected chi connectivity index (χ2v) is 8.97. The molecule has 1 atom stereocenters. The molecule has 0 spiro atoms. The van der Waals surface area contributed by atoms with Gasteiger partial charge in [-0.25, -0.2) is 0 Å². The largest absolute Gasteiger partial charge is 0.412 e. The summed E-state index contributed by atoms with van der Waals surface area (Å²) in [6.07, 6.45) is 8.48. The highest BCUT2D eigenvalue weighted by molar-refractivity contribution is 6.69. The smallest absolute Gasteiger partial charge is 0.184 e. The van der Waals surface area contributed by atoms with Gasteiger partial charge in [-0.3, -0.25) is 0 Å². The number of unbranched alkanes of at least 4 members (excludes halogenated alkanes) is 2. The third kappa shape index (κ3) is 9.83. The summed E-state index contributed by atoms with van der Waals surface area (Å²) in [6.45, 7) is 11.0. The third-order valence-corrected chi connectivity index (χ3v) is 2.75. The van der Waals surface area contributed by atoms with Gasteiger partial charge in [0, 0.05) is 0 Å². The fraction of sp³-hybridized carbons (Fsp3) is 0.818. The van der Waals surface area contributed by atoms with Crippen molar-refractivity contribution in [2.45, 2.75) is 58.9 Å². The van der Waals surface area contributed by atoms with Gasteiger partial charge < -0.3 is 4.43 Å². The summed E-state index contributed by atoms with van der Waals surface area (Å²) >= 11 is 0. The van der Waals surface area contributed by atoms with E-state index in [9.17, 15) is 0 Å². The Hall–Kier alpha value is -0.0831. The van der Waals surface area contributed by atoms with Crippen LogP contribution < -0.4 is 0 Å². The van der Waals surface area contributed by atoms with Crippen molar-refractivity contribution in [2.24, 2.45) is 0 Å². The Labute approximate surface area is 84.3 Å². The first-order valence-corrected chi connectivity index (χ1v) is 8.71. The number of hydrogen-bond acceptors (Lipinski definition) is 1. The molecule has 0 aliphatic rings. The highest BCUT2D eigenvalue weighted by Crippen LogP contribution is 2.08. The van der Waals surface area contributed by atoms with E-state index in [1.165, 1.54) is 19.3 Å². The van der Waals surface area contributed by atoms with Gasteiger partial charge in [0.25, 0.3) is 0 Å². The van der Waals surface area contributed by atoms with Crippen LogP contribution in [0.3, 0.4) is 0 Å². The topological polar surface area (TPSA) is 9.23 Å². The van der Waals surface area contributed by atoms with Gasteiger partial charge in [-0.2, -0.15) is 0 Å². The van der Waals surface area contributed by atoms with E-state index in [1.54, 1.807) is 0 Å². The standard InChI is InChI=1S/C11H24OSi/c1-6-7-8-9-10-11(2)12-13(3,4)5/h9-11H,6-8H2,1-5H3. The molecule has 0 amide bonds. The van der Waals surface area contributed by atoms with Crippen molar-refractivity contribution in [1.82, 2.24) is 0 Å². The lowest BCUT2D eigenvalue weighted by molar-refractivity contribution is 0.262. The molecule has 0 rings (SSSR count). The van der Waals surface area contributed by atoms with Gasteiger partial charge in [-0.15, -0.1) is 0 Å². The fourth-order valence-electron chi connectivity index (χ4n) is 1.21. The molecule has 0 aliphatic carbocycles. The summed E-state index contributed by atoms with van der Waals surface area (Å²) < 4.78 is 5.87. The Morgan fingerprint density at radius 2 is 1.92 bits per heavy atom. The molecule has 2 heteroatoms. The summed E-state index contributed by atoms with van der Waals surface area (Å²) in [5.74, 6) is 0. The first-order valence-electron chi connectivity index (χ1n) is 5.30. The van der Waals surface area contributed by atoms with Gasteiger partial charge in [-0.05, 0) is 33.0 Å². The van der Waals surface area contributed by atoms with Crippen molar-refractivity contribution >= 4 is 8.32 Å². The molecule has 0 fully saturated rings. The van der Waals surface area contributed by atoms with Gasteiger partial charge in [0.15, 0.2) is 8.32 Å². The molecular formula is C11H24OSi. The minimum absolute atomic E-state index is 0.295. The lowest BCUT2D eigenvalue weighted by atomic mass is 10.2. The first-order chi connectivity index (χ1) is 5.95. The van der Waals surface area contributed by atoms with E-state index in [0.717, 1.165) is 0 Å². The Bertz CT molecular complexity index is 147. The van der Waals surface area contributed by atoms with Crippen LogP contribution >= 0.6 is 0 Å². The molecule has 13 heavy (non-hydrogen) atoms. The molecule has 0 aromatic heterocycles. The van der Waals surface area contributed by atoms with Gasteiger partial charge in [0.2, 0.25) is 0 Å². The molecule has 1 unspecified atom stereocenters. The average Bonchev–Trinajstić information content (AvgIpc) is 1.94. The average molecular weight is 200 g/mol. The highest BCUT2D eigenvalue weighted by atomic mass is 28.4. The Kier molecular flexibility index (Phi) is 6.34. The van der Waals surface area contributed by atoms with E-state index in [4.69, 9.17) is 4.43 Å². The normalized spacial score (nSPS) is 15.2. The maximum atomic E-state index is 5.87. The summed E-state index contributed by atoms with van der Waals surface area (Å²) in [7, 11) is -1.34. The van der Waals surface area contributed by atoms with Crippen LogP contribution in [0.15, 0.2) is 12.2 Å². The molecule has 0 aromatic rings. The Morgan fingerprint density at radius 3 is 2.38 bits per heavy atom. The van der Waals surface area contributed by atoms with E-state index >= 15 is 0 Å². The SMILES string of the molecule is CCCCC=CC(C)O[Si](C)(C)C. The third-order valence-electron chi connectivity index (χ3n) is 1.67. The van der Waals surface area contributed by atoms with Gasteiger partial charge in [-0.1, -0.05) is 31.9 Å². The minimum Gasteiger partial charge on any atom is -0.412 e. The van der Waals surface area contributed by atoms with E-state index in [-0.39, 0.29) is 0 Å². The lowest BCUT2D eigenvalue weighted by Gasteiger charge is -2.21.